The fourth-order valence-corrected chi connectivity index (χ4v) is 1.69. The lowest BCUT2D eigenvalue weighted by Gasteiger charge is -2.23. The SMILES string of the molecule is CC(C)(C)c1ccc(C=O)cc1OC1CC1. The summed E-state index contributed by atoms with van der Waals surface area (Å²) in [4.78, 5) is 10.8. The summed E-state index contributed by atoms with van der Waals surface area (Å²) in [5.41, 5.74) is 1.90. The van der Waals surface area contributed by atoms with Crippen LogP contribution in [0.3, 0.4) is 0 Å². The molecule has 1 aromatic carbocycles. The minimum absolute atomic E-state index is 0.0473. The maximum atomic E-state index is 10.8. The molecule has 0 N–H and O–H groups in total. The maximum Gasteiger partial charge on any atom is 0.150 e. The molecule has 0 heterocycles. The molecule has 2 heteroatoms. The van der Waals surface area contributed by atoms with E-state index in [-0.39, 0.29) is 5.41 Å². The van der Waals surface area contributed by atoms with Gasteiger partial charge in [-0.15, -0.1) is 0 Å². The van der Waals surface area contributed by atoms with Gasteiger partial charge in [-0.25, -0.2) is 0 Å². The average molecular weight is 218 g/mol. The van der Waals surface area contributed by atoms with E-state index in [0.717, 1.165) is 24.9 Å². The van der Waals surface area contributed by atoms with Crippen LogP contribution in [0.25, 0.3) is 0 Å². The Balaban J connectivity index is 2.37. The Morgan fingerprint density at radius 2 is 2.00 bits per heavy atom. The minimum atomic E-state index is 0.0473. The van der Waals surface area contributed by atoms with Crippen LogP contribution in [0, 0.1) is 0 Å². The van der Waals surface area contributed by atoms with Gasteiger partial charge in [-0.2, -0.15) is 0 Å². The van der Waals surface area contributed by atoms with Gasteiger partial charge in [0.1, 0.15) is 12.0 Å². The normalized spacial score (nSPS) is 15.9. The number of hydrogen-bond donors (Lipinski definition) is 0. The van der Waals surface area contributed by atoms with Gasteiger partial charge in [-0.1, -0.05) is 32.9 Å². The van der Waals surface area contributed by atoms with Gasteiger partial charge in [-0.3, -0.25) is 4.79 Å². The lowest BCUT2D eigenvalue weighted by atomic mass is 9.86. The number of carbonyl (C=O) groups excluding carboxylic acids is 1. The van der Waals surface area contributed by atoms with E-state index >= 15 is 0 Å². The highest BCUT2D eigenvalue weighted by Gasteiger charge is 2.27. The highest BCUT2D eigenvalue weighted by molar-refractivity contribution is 5.76. The largest absolute Gasteiger partial charge is 0.490 e. The predicted molar refractivity (Wildman–Crippen MR) is 64.2 cm³/mol. The zero-order chi connectivity index (χ0) is 11.8. The average Bonchev–Trinajstić information content (AvgIpc) is 3.00. The van der Waals surface area contributed by atoms with Crippen LogP contribution in [-0.4, -0.2) is 12.4 Å². The molecule has 0 aliphatic heterocycles. The molecule has 0 bridgehead atoms. The molecule has 16 heavy (non-hydrogen) atoms. The fourth-order valence-electron chi connectivity index (χ4n) is 1.69. The highest BCUT2D eigenvalue weighted by Crippen LogP contribution is 2.35. The first-order chi connectivity index (χ1) is 7.50. The monoisotopic (exact) mass is 218 g/mol. The van der Waals surface area contributed by atoms with E-state index in [9.17, 15) is 4.79 Å². The summed E-state index contributed by atoms with van der Waals surface area (Å²) in [7, 11) is 0. The van der Waals surface area contributed by atoms with Crippen LogP contribution in [0.15, 0.2) is 18.2 Å². The molecule has 1 aromatic rings. The van der Waals surface area contributed by atoms with Crippen molar-refractivity contribution in [2.24, 2.45) is 0 Å². The van der Waals surface area contributed by atoms with Gasteiger partial charge < -0.3 is 4.74 Å². The summed E-state index contributed by atoms with van der Waals surface area (Å²) in [6.45, 7) is 6.47. The smallest absolute Gasteiger partial charge is 0.150 e. The summed E-state index contributed by atoms with van der Waals surface area (Å²) in [6, 6.07) is 5.71. The number of rotatable bonds is 3. The molecule has 1 aliphatic carbocycles. The van der Waals surface area contributed by atoms with Crippen molar-refractivity contribution in [2.75, 3.05) is 0 Å². The standard InChI is InChI=1S/C14H18O2/c1-14(2,3)12-7-4-10(9-15)8-13(12)16-11-5-6-11/h4,7-9,11H,5-6H2,1-3H3. The van der Waals surface area contributed by atoms with E-state index in [4.69, 9.17) is 4.74 Å². The molecule has 2 rings (SSSR count). The van der Waals surface area contributed by atoms with Gasteiger partial charge in [0.2, 0.25) is 0 Å². The van der Waals surface area contributed by atoms with Crippen LogP contribution in [0.4, 0.5) is 0 Å². The molecule has 86 valence electrons. The zero-order valence-corrected chi connectivity index (χ0v) is 10.1. The van der Waals surface area contributed by atoms with Crippen molar-refractivity contribution in [2.45, 2.75) is 45.1 Å². The second-order valence-corrected chi connectivity index (χ2v) is 5.44. The quantitative estimate of drug-likeness (QED) is 0.727. The molecule has 0 spiro atoms. The van der Waals surface area contributed by atoms with E-state index in [1.54, 1.807) is 0 Å². The van der Waals surface area contributed by atoms with E-state index in [0.29, 0.717) is 11.7 Å². The van der Waals surface area contributed by atoms with E-state index in [1.165, 1.54) is 5.56 Å². The summed E-state index contributed by atoms with van der Waals surface area (Å²) in [6.07, 6.45) is 3.50. The molecule has 1 saturated carbocycles. The second-order valence-electron chi connectivity index (χ2n) is 5.44. The molecule has 0 radical (unpaired) electrons. The van der Waals surface area contributed by atoms with Crippen molar-refractivity contribution in [1.82, 2.24) is 0 Å². The molecule has 0 unspecified atom stereocenters. The summed E-state index contributed by atoms with van der Waals surface area (Å²) in [5.74, 6) is 0.875. The Bertz CT molecular complexity index is 398. The van der Waals surface area contributed by atoms with Crippen molar-refractivity contribution in [3.63, 3.8) is 0 Å². The molecule has 0 amide bonds. The molecule has 1 aliphatic rings. The first kappa shape index (κ1) is 11.2. The van der Waals surface area contributed by atoms with E-state index in [2.05, 4.69) is 20.8 Å². The summed E-state index contributed by atoms with van der Waals surface area (Å²) >= 11 is 0. The third-order valence-corrected chi connectivity index (χ3v) is 2.77. The molecule has 1 fully saturated rings. The predicted octanol–water partition coefficient (Wildman–Crippen LogP) is 3.34. The van der Waals surface area contributed by atoms with Crippen molar-refractivity contribution in [3.8, 4) is 5.75 Å². The summed E-state index contributed by atoms with van der Waals surface area (Å²) in [5, 5.41) is 0. The van der Waals surface area contributed by atoms with Crippen LogP contribution < -0.4 is 4.74 Å². The van der Waals surface area contributed by atoms with Gasteiger partial charge in [0.25, 0.3) is 0 Å². The van der Waals surface area contributed by atoms with Crippen LogP contribution in [0.2, 0.25) is 0 Å². The number of hydrogen-bond acceptors (Lipinski definition) is 2. The maximum absolute atomic E-state index is 10.8. The third-order valence-electron chi connectivity index (χ3n) is 2.77. The first-order valence-electron chi connectivity index (χ1n) is 5.77. The van der Waals surface area contributed by atoms with Crippen molar-refractivity contribution in [3.05, 3.63) is 29.3 Å². The van der Waals surface area contributed by atoms with Crippen molar-refractivity contribution < 1.29 is 9.53 Å². The van der Waals surface area contributed by atoms with Gasteiger partial charge in [-0.05, 0) is 29.9 Å². The molecule has 0 saturated heterocycles. The Morgan fingerprint density at radius 3 is 2.50 bits per heavy atom. The number of carbonyl (C=O) groups is 1. The van der Waals surface area contributed by atoms with Gasteiger partial charge in [0.05, 0.1) is 6.10 Å². The Labute approximate surface area is 96.6 Å². The molecule has 0 atom stereocenters. The topological polar surface area (TPSA) is 26.3 Å². The van der Waals surface area contributed by atoms with Crippen LogP contribution in [0.1, 0.15) is 49.5 Å². The third kappa shape index (κ3) is 2.43. The summed E-state index contributed by atoms with van der Waals surface area (Å²) < 4.78 is 5.87. The minimum Gasteiger partial charge on any atom is -0.490 e. The van der Waals surface area contributed by atoms with Crippen LogP contribution in [-0.2, 0) is 5.41 Å². The Hall–Kier alpha value is -1.31. The highest BCUT2D eigenvalue weighted by atomic mass is 16.5. The van der Waals surface area contributed by atoms with E-state index < -0.39 is 0 Å². The molecule has 0 aromatic heterocycles. The van der Waals surface area contributed by atoms with E-state index in [1.807, 2.05) is 18.2 Å². The van der Waals surface area contributed by atoms with Crippen molar-refractivity contribution >= 4 is 6.29 Å². The fraction of sp³-hybridized carbons (Fsp3) is 0.500. The first-order valence-corrected chi connectivity index (χ1v) is 5.77. The van der Waals surface area contributed by atoms with Crippen molar-refractivity contribution in [1.29, 1.82) is 0 Å². The number of benzene rings is 1. The molecular formula is C14H18O2. The Morgan fingerprint density at radius 1 is 1.31 bits per heavy atom. The van der Waals surface area contributed by atoms with Crippen LogP contribution in [0.5, 0.6) is 5.75 Å². The lowest BCUT2D eigenvalue weighted by Crippen LogP contribution is -2.14. The van der Waals surface area contributed by atoms with Gasteiger partial charge in [0.15, 0.2) is 0 Å². The second kappa shape index (κ2) is 3.93. The molecule has 2 nitrogen and oxygen atoms in total. The Kier molecular flexibility index (Phi) is 2.75. The van der Waals surface area contributed by atoms with Gasteiger partial charge in [0, 0.05) is 5.56 Å². The molecular weight excluding hydrogens is 200 g/mol. The zero-order valence-electron chi connectivity index (χ0n) is 10.1. The lowest BCUT2D eigenvalue weighted by molar-refractivity contribution is 0.112. The number of ether oxygens (including phenoxy) is 1. The number of aldehydes is 1. The van der Waals surface area contributed by atoms with Gasteiger partial charge >= 0.3 is 0 Å². The van der Waals surface area contributed by atoms with Crippen LogP contribution >= 0.6 is 0 Å².